The lowest BCUT2D eigenvalue weighted by Crippen LogP contribution is -2.06. The van der Waals surface area contributed by atoms with Crippen LogP contribution >= 0.6 is 0 Å². The number of nitrogens with two attached hydrogens (primary N) is 1. The summed E-state index contributed by atoms with van der Waals surface area (Å²) in [5, 5.41) is 0. The molecule has 1 heterocycles. The molecule has 0 fully saturated rings. The van der Waals surface area contributed by atoms with Crippen molar-refractivity contribution in [1.82, 2.24) is 4.98 Å². The second kappa shape index (κ2) is 7.01. The van der Waals surface area contributed by atoms with Crippen molar-refractivity contribution >= 4 is 17.6 Å². The number of rotatable bonds is 3. The molecule has 1 aromatic heterocycles. The zero-order valence-electron chi connectivity index (χ0n) is 10.7. The standard InChI is InChI=1S/C13H14N2O4/c1-18-12(16)6-4-3-5-9-7-11(14)10(8-15-9)13(17)19-2/h7-8H,4,6H2,1-2H3,(H2,14,15). The van der Waals surface area contributed by atoms with Crippen molar-refractivity contribution in [3.63, 3.8) is 0 Å². The van der Waals surface area contributed by atoms with Crippen LogP contribution in [0.2, 0.25) is 0 Å². The number of aromatic nitrogens is 1. The van der Waals surface area contributed by atoms with Gasteiger partial charge in [-0.2, -0.15) is 0 Å². The number of anilines is 1. The van der Waals surface area contributed by atoms with E-state index in [-0.39, 0.29) is 23.6 Å². The summed E-state index contributed by atoms with van der Waals surface area (Å²) < 4.78 is 9.03. The number of carbonyl (C=O) groups excluding carboxylic acids is 2. The van der Waals surface area contributed by atoms with Gasteiger partial charge in [0.25, 0.3) is 0 Å². The molecule has 19 heavy (non-hydrogen) atoms. The average Bonchev–Trinajstić information content (AvgIpc) is 2.42. The predicted molar refractivity (Wildman–Crippen MR) is 68.1 cm³/mol. The number of hydrogen-bond acceptors (Lipinski definition) is 6. The van der Waals surface area contributed by atoms with E-state index in [1.54, 1.807) is 0 Å². The summed E-state index contributed by atoms with van der Waals surface area (Å²) in [5.74, 6) is 4.66. The molecule has 0 saturated carbocycles. The molecule has 1 rings (SSSR count). The monoisotopic (exact) mass is 262 g/mol. The Morgan fingerprint density at radius 3 is 2.68 bits per heavy atom. The summed E-state index contributed by atoms with van der Waals surface area (Å²) >= 11 is 0. The molecule has 0 atom stereocenters. The smallest absolute Gasteiger partial charge is 0.341 e. The molecule has 0 aliphatic carbocycles. The molecule has 0 bridgehead atoms. The van der Waals surface area contributed by atoms with Crippen LogP contribution in [0, 0.1) is 11.8 Å². The summed E-state index contributed by atoms with van der Waals surface area (Å²) in [6.07, 6.45) is 1.90. The molecular weight excluding hydrogens is 248 g/mol. The maximum atomic E-state index is 11.3. The summed E-state index contributed by atoms with van der Waals surface area (Å²) in [7, 11) is 2.59. The first kappa shape index (κ1) is 14.5. The quantitative estimate of drug-likeness (QED) is 0.638. The molecular formula is C13H14N2O4. The van der Waals surface area contributed by atoms with Crippen LogP contribution < -0.4 is 5.73 Å². The number of carbonyl (C=O) groups is 2. The molecule has 0 aromatic carbocycles. The van der Waals surface area contributed by atoms with Gasteiger partial charge in [0.2, 0.25) is 0 Å². The molecule has 0 saturated heterocycles. The largest absolute Gasteiger partial charge is 0.469 e. The first-order valence-electron chi connectivity index (χ1n) is 5.48. The molecule has 0 unspecified atom stereocenters. The number of methoxy groups -OCH3 is 2. The van der Waals surface area contributed by atoms with Crippen LogP contribution in [0.25, 0.3) is 0 Å². The predicted octanol–water partition coefficient (Wildman–Crippen LogP) is 0.755. The van der Waals surface area contributed by atoms with Crippen LogP contribution in [0.15, 0.2) is 12.3 Å². The number of ether oxygens (including phenoxy) is 2. The van der Waals surface area contributed by atoms with Gasteiger partial charge in [0, 0.05) is 12.6 Å². The van der Waals surface area contributed by atoms with E-state index in [9.17, 15) is 9.59 Å². The molecule has 2 N–H and O–H groups in total. The van der Waals surface area contributed by atoms with E-state index in [1.165, 1.54) is 26.5 Å². The summed E-state index contributed by atoms with van der Waals surface area (Å²) in [4.78, 5) is 26.1. The Hall–Kier alpha value is -2.55. The normalized spacial score (nSPS) is 9.16. The highest BCUT2D eigenvalue weighted by Crippen LogP contribution is 2.12. The van der Waals surface area contributed by atoms with Crippen LogP contribution in [0.3, 0.4) is 0 Å². The van der Waals surface area contributed by atoms with Gasteiger partial charge in [-0.15, -0.1) is 0 Å². The minimum atomic E-state index is -0.546. The van der Waals surface area contributed by atoms with E-state index in [2.05, 4.69) is 26.3 Å². The van der Waals surface area contributed by atoms with Gasteiger partial charge < -0.3 is 15.2 Å². The van der Waals surface area contributed by atoms with E-state index < -0.39 is 5.97 Å². The molecule has 6 nitrogen and oxygen atoms in total. The minimum Gasteiger partial charge on any atom is -0.469 e. The van der Waals surface area contributed by atoms with Crippen LogP contribution in [0.5, 0.6) is 0 Å². The maximum absolute atomic E-state index is 11.3. The molecule has 0 amide bonds. The number of esters is 2. The van der Waals surface area contributed by atoms with Crippen molar-refractivity contribution in [2.75, 3.05) is 20.0 Å². The second-order valence-electron chi connectivity index (χ2n) is 3.53. The maximum Gasteiger partial charge on any atom is 0.341 e. The van der Waals surface area contributed by atoms with Gasteiger partial charge in [-0.3, -0.25) is 4.79 Å². The first-order valence-corrected chi connectivity index (χ1v) is 5.48. The second-order valence-corrected chi connectivity index (χ2v) is 3.53. The fourth-order valence-corrected chi connectivity index (χ4v) is 1.24. The van der Waals surface area contributed by atoms with Crippen molar-refractivity contribution in [2.45, 2.75) is 12.8 Å². The number of hydrogen-bond donors (Lipinski definition) is 1. The summed E-state index contributed by atoms with van der Waals surface area (Å²) in [6, 6.07) is 1.48. The SMILES string of the molecule is COC(=O)CCC#Cc1cc(N)c(C(=O)OC)cn1. The van der Waals surface area contributed by atoms with E-state index in [1.807, 2.05) is 0 Å². The minimum absolute atomic E-state index is 0.197. The highest BCUT2D eigenvalue weighted by molar-refractivity contribution is 5.94. The number of nitrogens with zero attached hydrogens (tertiary/aromatic N) is 1. The highest BCUT2D eigenvalue weighted by Gasteiger charge is 2.10. The number of nitrogen functional groups attached to an aromatic ring is 1. The van der Waals surface area contributed by atoms with Crippen LogP contribution in [-0.2, 0) is 14.3 Å². The van der Waals surface area contributed by atoms with Crippen molar-refractivity contribution < 1.29 is 19.1 Å². The Morgan fingerprint density at radius 1 is 1.37 bits per heavy atom. The fourth-order valence-electron chi connectivity index (χ4n) is 1.24. The summed E-state index contributed by atoms with van der Waals surface area (Å²) in [5.41, 5.74) is 6.56. The first-order chi connectivity index (χ1) is 9.08. The van der Waals surface area contributed by atoms with Gasteiger partial charge in [-0.1, -0.05) is 5.92 Å². The fraction of sp³-hybridized carbons (Fsp3) is 0.308. The third-order valence-corrected chi connectivity index (χ3v) is 2.24. The Bertz CT molecular complexity index is 543. The lowest BCUT2D eigenvalue weighted by molar-refractivity contribution is -0.140. The lowest BCUT2D eigenvalue weighted by Gasteiger charge is -2.02. The van der Waals surface area contributed by atoms with Gasteiger partial charge in [0.15, 0.2) is 0 Å². The van der Waals surface area contributed by atoms with Gasteiger partial charge in [-0.05, 0) is 12.0 Å². The molecule has 100 valence electrons. The molecule has 0 spiro atoms. The molecule has 0 aliphatic rings. The number of pyridine rings is 1. The van der Waals surface area contributed by atoms with Crippen molar-refractivity contribution in [3.05, 3.63) is 23.5 Å². The molecule has 6 heteroatoms. The Morgan fingerprint density at radius 2 is 2.11 bits per heavy atom. The Labute approximate surface area is 110 Å². The molecule has 0 radical (unpaired) electrons. The average molecular weight is 262 g/mol. The van der Waals surface area contributed by atoms with Crippen LogP contribution in [-0.4, -0.2) is 31.1 Å². The van der Waals surface area contributed by atoms with E-state index >= 15 is 0 Å². The Kier molecular flexibility index (Phi) is 5.35. The van der Waals surface area contributed by atoms with Gasteiger partial charge in [-0.25, -0.2) is 9.78 Å². The third kappa shape index (κ3) is 4.32. The van der Waals surface area contributed by atoms with E-state index in [0.717, 1.165) is 0 Å². The zero-order valence-corrected chi connectivity index (χ0v) is 10.7. The topological polar surface area (TPSA) is 91.5 Å². The van der Waals surface area contributed by atoms with Gasteiger partial charge >= 0.3 is 11.9 Å². The van der Waals surface area contributed by atoms with Crippen molar-refractivity contribution in [3.8, 4) is 11.8 Å². The Balaban J connectivity index is 2.71. The zero-order chi connectivity index (χ0) is 14.3. The third-order valence-electron chi connectivity index (χ3n) is 2.24. The van der Waals surface area contributed by atoms with Crippen LogP contribution in [0.4, 0.5) is 5.69 Å². The van der Waals surface area contributed by atoms with E-state index in [4.69, 9.17) is 5.73 Å². The summed E-state index contributed by atoms with van der Waals surface area (Å²) in [6.45, 7) is 0. The highest BCUT2D eigenvalue weighted by atomic mass is 16.5. The van der Waals surface area contributed by atoms with Crippen LogP contribution in [0.1, 0.15) is 28.9 Å². The van der Waals surface area contributed by atoms with Crippen molar-refractivity contribution in [2.24, 2.45) is 0 Å². The van der Waals surface area contributed by atoms with Gasteiger partial charge in [0.05, 0.1) is 26.3 Å². The molecule has 1 aromatic rings. The van der Waals surface area contributed by atoms with Gasteiger partial charge in [0.1, 0.15) is 11.3 Å². The van der Waals surface area contributed by atoms with E-state index in [0.29, 0.717) is 12.1 Å². The molecule has 0 aliphatic heterocycles. The van der Waals surface area contributed by atoms with Crippen molar-refractivity contribution in [1.29, 1.82) is 0 Å². The lowest BCUT2D eigenvalue weighted by atomic mass is 10.2.